The molecule has 0 radical (unpaired) electrons. The van der Waals surface area contributed by atoms with Crippen molar-refractivity contribution in [2.45, 2.75) is 31.4 Å². The molecular formula is C14H18BrNO3. The monoisotopic (exact) mass is 327 g/mol. The first-order valence-corrected chi connectivity index (χ1v) is 7.12. The number of amides is 1. The number of hydrogen-bond acceptors (Lipinski definition) is 3. The summed E-state index contributed by atoms with van der Waals surface area (Å²) in [5.74, 6) is 0.572. The Bertz CT molecular complexity index is 464. The third kappa shape index (κ3) is 3.28. The molecule has 1 amide bonds. The van der Waals surface area contributed by atoms with E-state index in [1.165, 1.54) is 0 Å². The fourth-order valence-corrected chi connectivity index (χ4v) is 2.85. The number of benzene rings is 1. The van der Waals surface area contributed by atoms with Gasteiger partial charge in [-0.05, 0) is 53.4 Å². The van der Waals surface area contributed by atoms with E-state index in [4.69, 9.17) is 9.47 Å². The quantitative estimate of drug-likeness (QED) is 0.925. The summed E-state index contributed by atoms with van der Waals surface area (Å²) in [6.07, 6.45) is 3.17. The van der Waals surface area contributed by atoms with Crippen LogP contribution in [0, 0.1) is 0 Å². The molecule has 1 aromatic carbocycles. The van der Waals surface area contributed by atoms with Crippen LogP contribution in [0.4, 0.5) is 0 Å². The van der Waals surface area contributed by atoms with Crippen molar-refractivity contribution >= 4 is 21.8 Å². The van der Waals surface area contributed by atoms with Gasteiger partial charge in [-0.1, -0.05) is 0 Å². The molecule has 1 fully saturated rings. The van der Waals surface area contributed by atoms with Crippen LogP contribution in [0.1, 0.15) is 29.6 Å². The van der Waals surface area contributed by atoms with E-state index >= 15 is 0 Å². The Balaban J connectivity index is 2.11. The lowest BCUT2D eigenvalue weighted by Gasteiger charge is -2.20. The molecule has 4 nitrogen and oxygen atoms in total. The molecule has 2 atom stereocenters. The molecule has 1 aliphatic rings. The number of ether oxygens (including phenoxy) is 2. The molecule has 104 valence electrons. The Labute approximate surface area is 121 Å². The van der Waals surface area contributed by atoms with Crippen molar-refractivity contribution < 1.29 is 14.3 Å². The van der Waals surface area contributed by atoms with Crippen molar-refractivity contribution in [2.75, 3.05) is 14.2 Å². The van der Waals surface area contributed by atoms with E-state index < -0.39 is 0 Å². The van der Waals surface area contributed by atoms with Crippen LogP contribution in [-0.2, 0) is 4.74 Å². The third-order valence-electron chi connectivity index (χ3n) is 3.49. The van der Waals surface area contributed by atoms with Gasteiger partial charge in [0.05, 0.1) is 24.8 Å². The standard InChI is InChI=1S/C14H18BrNO3/c1-18-9-6-7-11(15)10(8-9)14(17)16-12-4-3-5-13(12)19-2/h6-8,12-13H,3-5H2,1-2H3,(H,16,17). The summed E-state index contributed by atoms with van der Waals surface area (Å²) < 4.78 is 11.3. The van der Waals surface area contributed by atoms with Crippen molar-refractivity contribution in [1.29, 1.82) is 0 Å². The number of carbonyl (C=O) groups is 1. The highest BCUT2D eigenvalue weighted by Gasteiger charge is 2.29. The van der Waals surface area contributed by atoms with E-state index in [1.54, 1.807) is 20.3 Å². The van der Waals surface area contributed by atoms with Gasteiger partial charge < -0.3 is 14.8 Å². The minimum Gasteiger partial charge on any atom is -0.497 e. The highest BCUT2D eigenvalue weighted by molar-refractivity contribution is 9.10. The summed E-state index contributed by atoms with van der Waals surface area (Å²) in [7, 11) is 3.28. The van der Waals surface area contributed by atoms with Crippen LogP contribution in [0.25, 0.3) is 0 Å². The Morgan fingerprint density at radius 1 is 1.37 bits per heavy atom. The fraction of sp³-hybridized carbons (Fsp3) is 0.500. The molecule has 1 aliphatic carbocycles. The summed E-state index contributed by atoms with van der Waals surface area (Å²) in [6.45, 7) is 0. The minimum absolute atomic E-state index is 0.0931. The molecule has 0 aliphatic heterocycles. The number of methoxy groups -OCH3 is 2. The van der Waals surface area contributed by atoms with Crippen LogP contribution in [0.3, 0.4) is 0 Å². The van der Waals surface area contributed by atoms with Gasteiger partial charge in [0.25, 0.3) is 5.91 Å². The zero-order valence-corrected chi connectivity index (χ0v) is 12.7. The predicted molar refractivity (Wildman–Crippen MR) is 76.6 cm³/mol. The van der Waals surface area contributed by atoms with Crippen molar-refractivity contribution in [2.24, 2.45) is 0 Å². The SMILES string of the molecule is COc1ccc(Br)c(C(=O)NC2CCCC2OC)c1. The van der Waals surface area contributed by atoms with Crippen LogP contribution in [0.5, 0.6) is 5.75 Å². The molecule has 0 heterocycles. The van der Waals surface area contributed by atoms with Crippen LogP contribution in [0.15, 0.2) is 22.7 Å². The molecule has 2 rings (SSSR count). The fourth-order valence-electron chi connectivity index (χ4n) is 2.42. The van der Waals surface area contributed by atoms with Crippen LogP contribution < -0.4 is 10.1 Å². The highest BCUT2D eigenvalue weighted by atomic mass is 79.9. The van der Waals surface area contributed by atoms with E-state index in [9.17, 15) is 4.79 Å². The van der Waals surface area contributed by atoms with E-state index in [2.05, 4.69) is 21.2 Å². The average molecular weight is 328 g/mol. The second-order valence-electron chi connectivity index (χ2n) is 4.63. The maximum atomic E-state index is 12.3. The summed E-state index contributed by atoms with van der Waals surface area (Å²) in [5, 5.41) is 3.04. The number of hydrogen-bond donors (Lipinski definition) is 1. The zero-order valence-electron chi connectivity index (χ0n) is 11.1. The summed E-state index contributed by atoms with van der Waals surface area (Å²) in [4.78, 5) is 12.3. The van der Waals surface area contributed by atoms with Gasteiger partial charge >= 0.3 is 0 Å². The molecule has 19 heavy (non-hydrogen) atoms. The van der Waals surface area contributed by atoms with Crippen LogP contribution in [-0.4, -0.2) is 32.3 Å². The lowest BCUT2D eigenvalue weighted by atomic mass is 10.1. The number of nitrogens with one attached hydrogen (secondary N) is 1. The second-order valence-corrected chi connectivity index (χ2v) is 5.49. The Kier molecular flexibility index (Phi) is 4.82. The molecule has 0 saturated heterocycles. The van der Waals surface area contributed by atoms with E-state index in [0.29, 0.717) is 11.3 Å². The number of halogens is 1. The van der Waals surface area contributed by atoms with Gasteiger partial charge in [0.1, 0.15) is 5.75 Å². The van der Waals surface area contributed by atoms with Gasteiger partial charge in [0.2, 0.25) is 0 Å². The third-order valence-corrected chi connectivity index (χ3v) is 4.18. The predicted octanol–water partition coefficient (Wildman–Crippen LogP) is 2.76. The zero-order chi connectivity index (χ0) is 13.8. The minimum atomic E-state index is -0.0975. The van der Waals surface area contributed by atoms with Crippen LogP contribution in [0.2, 0.25) is 0 Å². The number of carbonyl (C=O) groups excluding carboxylic acids is 1. The molecule has 0 bridgehead atoms. The van der Waals surface area contributed by atoms with Gasteiger partial charge in [-0.15, -0.1) is 0 Å². The Hall–Kier alpha value is -1.07. The highest BCUT2D eigenvalue weighted by Crippen LogP contribution is 2.25. The second kappa shape index (κ2) is 6.39. The largest absolute Gasteiger partial charge is 0.497 e. The molecule has 1 saturated carbocycles. The smallest absolute Gasteiger partial charge is 0.252 e. The van der Waals surface area contributed by atoms with Gasteiger partial charge in [-0.3, -0.25) is 4.79 Å². The molecule has 1 N–H and O–H groups in total. The van der Waals surface area contributed by atoms with Crippen molar-refractivity contribution in [3.05, 3.63) is 28.2 Å². The summed E-state index contributed by atoms with van der Waals surface area (Å²) in [5.41, 5.74) is 0.584. The Morgan fingerprint density at radius 2 is 2.16 bits per heavy atom. The van der Waals surface area contributed by atoms with Crippen molar-refractivity contribution in [3.63, 3.8) is 0 Å². The van der Waals surface area contributed by atoms with Gasteiger partial charge in [-0.2, -0.15) is 0 Å². The first kappa shape index (κ1) is 14.3. The lowest BCUT2D eigenvalue weighted by molar-refractivity contribution is 0.0721. The molecule has 0 aromatic heterocycles. The normalized spacial score (nSPS) is 22.3. The first-order chi connectivity index (χ1) is 9.15. The van der Waals surface area contributed by atoms with Gasteiger partial charge in [0, 0.05) is 11.6 Å². The van der Waals surface area contributed by atoms with E-state index in [0.717, 1.165) is 23.7 Å². The maximum Gasteiger partial charge on any atom is 0.252 e. The molecule has 5 heteroatoms. The Morgan fingerprint density at radius 3 is 2.84 bits per heavy atom. The lowest BCUT2D eigenvalue weighted by Crippen LogP contribution is -2.40. The van der Waals surface area contributed by atoms with E-state index in [-0.39, 0.29) is 18.1 Å². The molecular weight excluding hydrogens is 310 g/mol. The summed E-state index contributed by atoms with van der Waals surface area (Å²) >= 11 is 3.39. The molecule has 2 unspecified atom stereocenters. The topological polar surface area (TPSA) is 47.6 Å². The average Bonchev–Trinajstić information content (AvgIpc) is 2.86. The number of rotatable bonds is 4. The van der Waals surface area contributed by atoms with Gasteiger partial charge in [-0.25, -0.2) is 0 Å². The van der Waals surface area contributed by atoms with Gasteiger partial charge in [0.15, 0.2) is 0 Å². The van der Waals surface area contributed by atoms with Crippen molar-refractivity contribution in [3.8, 4) is 5.75 Å². The van der Waals surface area contributed by atoms with Crippen molar-refractivity contribution in [1.82, 2.24) is 5.32 Å². The van der Waals surface area contributed by atoms with E-state index in [1.807, 2.05) is 12.1 Å². The molecule has 0 spiro atoms. The summed E-state index contributed by atoms with van der Waals surface area (Å²) in [6, 6.07) is 5.46. The van der Waals surface area contributed by atoms with Crippen LogP contribution >= 0.6 is 15.9 Å². The first-order valence-electron chi connectivity index (χ1n) is 6.33. The molecule has 1 aromatic rings. The maximum absolute atomic E-state index is 12.3.